The van der Waals surface area contributed by atoms with E-state index in [1.807, 2.05) is 0 Å². The number of aromatic nitrogens is 1. The smallest absolute Gasteiger partial charge is 0.339 e. The van der Waals surface area contributed by atoms with Crippen molar-refractivity contribution in [3.63, 3.8) is 0 Å². The largest absolute Gasteiger partial charge is 0.465 e. The van der Waals surface area contributed by atoms with Crippen LogP contribution in [0.2, 0.25) is 10.0 Å². The molecular weight excluding hydrogens is 369 g/mol. The summed E-state index contributed by atoms with van der Waals surface area (Å²) in [6, 6.07) is 5.21. The molecule has 0 aliphatic heterocycles. The summed E-state index contributed by atoms with van der Waals surface area (Å²) < 4.78 is 4.77. The lowest BCUT2D eigenvalue weighted by atomic mass is 10.1. The summed E-state index contributed by atoms with van der Waals surface area (Å²) in [5.41, 5.74) is 1.99. The molecule has 2 aromatic rings. The quantitative estimate of drug-likeness (QED) is 0.442. The number of rotatable bonds is 5. The Morgan fingerprint density at radius 3 is 2.33 bits per heavy atom. The van der Waals surface area contributed by atoms with E-state index < -0.39 is 11.2 Å². The first-order valence-electron chi connectivity index (χ1n) is 7.20. The summed E-state index contributed by atoms with van der Waals surface area (Å²) in [5.74, 6) is -0.596. The van der Waals surface area contributed by atoms with Crippen LogP contribution in [0.1, 0.15) is 39.0 Å². The van der Waals surface area contributed by atoms with E-state index in [1.54, 1.807) is 39.0 Å². The number of nitrogens with one attached hydrogen (secondary N) is 1. The zero-order valence-electron chi connectivity index (χ0n) is 13.7. The number of Topliss-reactive ketones (excluding diaryl/α,β-unsaturated/α-hetero) is 1. The maximum absolute atomic E-state index is 12.8. The molecule has 1 N–H and O–H groups in total. The van der Waals surface area contributed by atoms with E-state index in [0.29, 0.717) is 37.5 Å². The van der Waals surface area contributed by atoms with Gasteiger partial charge in [-0.15, -0.1) is 11.8 Å². The SMILES string of the molecule is COC(=O)c1c(C)[nH]c(C(=O)[C@H](C)Sc2c(Cl)cccc2Cl)c1C. The second-order valence-corrected chi connectivity index (χ2v) is 7.46. The summed E-state index contributed by atoms with van der Waals surface area (Å²) >= 11 is 13.6. The van der Waals surface area contributed by atoms with Crippen LogP contribution in [0, 0.1) is 13.8 Å². The number of ketones is 1. The lowest BCUT2D eigenvalue weighted by Gasteiger charge is -2.12. The molecule has 0 amide bonds. The number of hydrogen-bond acceptors (Lipinski definition) is 4. The molecule has 0 radical (unpaired) electrons. The van der Waals surface area contributed by atoms with Gasteiger partial charge in [0.25, 0.3) is 0 Å². The van der Waals surface area contributed by atoms with Crippen molar-refractivity contribution in [2.75, 3.05) is 7.11 Å². The Hall–Kier alpha value is -1.43. The standard InChI is InChI=1S/C17H17Cl2NO3S/c1-8-13(17(22)23-4)9(2)20-14(8)15(21)10(3)24-16-11(18)6-5-7-12(16)19/h5-7,10,20H,1-4H3/t10-/m0/s1. The molecule has 0 aliphatic rings. The normalized spacial score (nSPS) is 12.1. The minimum absolute atomic E-state index is 0.133. The Balaban J connectivity index is 2.31. The molecule has 0 saturated carbocycles. The maximum Gasteiger partial charge on any atom is 0.339 e. The lowest BCUT2D eigenvalue weighted by Crippen LogP contribution is -2.15. The fourth-order valence-electron chi connectivity index (χ4n) is 2.43. The Bertz CT molecular complexity index is 781. The molecule has 2 rings (SSSR count). The predicted molar refractivity (Wildman–Crippen MR) is 97.7 cm³/mol. The van der Waals surface area contributed by atoms with Crippen LogP contribution in [0.25, 0.3) is 0 Å². The fraction of sp³-hybridized carbons (Fsp3) is 0.294. The van der Waals surface area contributed by atoms with Crippen molar-refractivity contribution in [2.24, 2.45) is 0 Å². The number of carbonyl (C=O) groups excluding carboxylic acids is 2. The van der Waals surface area contributed by atoms with Gasteiger partial charge in [-0.2, -0.15) is 0 Å². The number of esters is 1. The number of ether oxygens (including phenoxy) is 1. The van der Waals surface area contributed by atoms with Gasteiger partial charge in [0.1, 0.15) is 0 Å². The highest BCUT2D eigenvalue weighted by molar-refractivity contribution is 8.00. The van der Waals surface area contributed by atoms with Crippen LogP contribution < -0.4 is 0 Å². The molecule has 4 nitrogen and oxygen atoms in total. The van der Waals surface area contributed by atoms with Crippen molar-refractivity contribution in [1.82, 2.24) is 4.98 Å². The van der Waals surface area contributed by atoms with Gasteiger partial charge in [-0.3, -0.25) is 4.79 Å². The number of halogens is 2. The molecule has 1 atom stereocenters. The van der Waals surface area contributed by atoms with E-state index in [9.17, 15) is 9.59 Å². The first-order valence-corrected chi connectivity index (χ1v) is 8.83. The molecule has 0 bridgehead atoms. The highest BCUT2D eigenvalue weighted by Crippen LogP contribution is 2.37. The second-order valence-electron chi connectivity index (χ2n) is 5.29. The molecule has 1 aromatic carbocycles. The number of methoxy groups -OCH3 is 1. The van der Waals surface area contributed by atoms with Crippen LogP contribution in [0.4, 0.5) is 0 Å². The topological polar surface area (TPSA) is 59.2 Å². The monoisotopic (exact) mass is 385 g/mol. The van der Waals surface area contributed by atoms with Crippen molar-refractivity contribution >= 4 is 46.7 Å². The average Bonchev–Trinajstić information content (AvgIpc) is 2.84. The zero-order valence-corrected chi connectivity index (χ0v) is 16.0. The number of carbonyl (C=O) groups is 2. The van der Waals surface area contributed by atoms with E-state index in [0.717, 1.165) is 0 Å². The number of aryl methyl sites for hydroxylation is 1. The third kappa shape index (κ3) is 3.63. The minimum atomic E-state index is -0.463. The lowest BCUT2D eigenvalue weighted by molar-refractivity contribution is 0.0599. The molecule has 128 valence electrons. The molecule has 0 unspecified atom stereocenters. The maximum atomic E-state index is 12.8. The molecular formula is C17H17Cl2NO3S. The molecule has 0 saturated heterocycles. The van der Waals surface area contributed by atoms with Gasteiger partial charge in [-0.25, -0.2) is 4.79 Å². The van der Waals surface area contributed by atoms with Gasteiger partial charge in [-0.05, 0) is 38.5 Å². The number of thioether (sulfide) groups is 1. The van der Waals surface area contributed by atoms with Gasteiger partial charge in [-0.1, -0.05) is 29.3 Å². The predicted octanol–water partition coefficient (Wildman–Crippen LogP) is 5.09. The highest BCUT2D eigenvalue weighted by Gasteiger charge is 2.26. The minimum Gasteiger partial charge on any atom is -0.465 e. The average molecular weight is 386 g/mol. The van der Waals surface area contributed by atoms with E-state index in [1.165, 1.54) is 18.9 Å². The highest BCUT2D eigenvalue weighted by atomic mass is 35.5. The van der Waals surface area contributed by atoms with Crippen LogP contribution in [-0.2, 0) is 4.74 Å². The Morgan fingerprint density at radius 2 is 1.79 bits per heavy atom. The van der Waals surface area contributed by atoms with Crippen molar-refractivity contribution in [3.8, 4) is 0 Å². The third-order valence-corrected chi connectivity index (χ3v) is 5.75. The van der Waals surface area contributed by atoms with Gasteiger partial charge in [0, 0.05) is 10.6 Å². The van der Waals surface area contributed by atoms with Gasteiger partial charge < -0.3 is 9.72 Å². The first-order chi connectivity index (χ1) is 11.3. The van der Waals surface area contributed by atoms with Crippen molar-refractivity contribution in [2.45, 2.75) is 30.9 Å². The Labute approximate surface area is 154 Å². The van der Waals surface area contributed by atoms with Gasteiger partial charge in [0.05, 0.1) is 33.7 Å². The van der Waals surface area contributed by atoms with Crippen molar-refractivity contribution in [1.29, 1.82) is 0 Å². The van der Waals surface area contributed by atoms with Crippen LogP contribution in [-0.4, -0.2) is 29.1 Å². The van der Waals surface area contributed by atoms with Crippen LogP contribution in [0.15, 0.2) is 23.1 Å². The van der Waals surface area contributed by atoms with Crippen molar-refractivity contribution in [3.05, 3.63) is 50.8 Å². The molecule has 1 heterocycles. The van der Waals surface area contributed by atoms with E-state index in [4.69, 9.17) is 27.9 Å². The second kappa shape index (κ2) is 7.64. The molecule has 0 aliphatic carbocycles. The number of H-pyrrole nitrogens is 1. The fourth-order valence-corrected chi connectivity index (χ4v) is 4.04. The molecule has 7 heteroatoms. The van der Waals surface area contributed by atoms with Crippen LogP contribution >= 0.6 is 35.0 Å². The zero-order chi connectivity index (χ0) is 18.0. The van der Waals surface area contributed by atoms with Crippen molar-refractivity contribution < 1.29 is 14.3 Å². The summed E-state index contributed by atoms with van der Waals surface area (Å²) in [5, 5.41) is 0.577. The number of hydrogen-bond donors (Lipinski definition) is 1. The van der Waals surface area contributed by atoms with Gasteiger partial charge in [0.15, 0.2) is 5.78 Å². The summed E-state index contributed by atoms with van der Waals surface area (Å²) in [6.45, 7) is 5.24. The number of benzene rings is 1. The number of aromatic amines is 1. The summed E-state index contributed by atoms with van der Waals surface area (Å²) in [4.78, 5) is 28.3. The van der Waals surface area contributed by atoms with Crippen LogP contribution in [0.3, 0.4) is 0 Å². The summed E-state index contributed by atoms with van der Waals surface area (Å²) in [6.07, 6.45) is 0. The Kier molecular flexibility index (Phi) is 6.01. The Morgan fingerprint density at radius 1 is 1.21 bits per heavy atom. The van der Waals surface area contributed by atoms with Crippen LogP contribution in [0.5, 0.6) is 0 Å². The molecule has 0 fully saturated rings. The van der Waals surface area contributed by atoms with E-state index in [2.05, 4.69) is 4.98 Å². The molecule has 0 spiro atoms. The van der Waals surface area contributed by atoms with Gasteiger partial charge >= 0.3 is 5.97 Å². The van der Waals surface area contributed by atoms with Gasteiger partial charge in [0.2, 0.25) is 0 Å². The molecule has 1 aromatic heterocycles. The van der Waals surface area contributed by atoms with E-state index >= 15 is 0 Å². The summed E-state index contributed by atoms with van der Waals surface area (Å²) in [7, 11) is 1.31. The third-order valence-electron chi connectivity index (χ3n) is 3.66. The molecule has 24 heavy (non-hydrogen) atoms. The first kappa shape index (κ1) is 18.9. The van der Waals surface area contributed by atoms with E-state index in [-0.39, 0.29) is 5.78 Å².